The second-order valence-corrected chi connectivity index (χ2v) is 11.3. The second-order valence-electron chi connectivity index (χ2n) is 11.3. The number of rotatable bonds is 8. The predicted octanol–water partition coefficient (Wildman–Crippen LogP) is 2.37. The number of methoxy groups -OCH3 is 1. The van der Waals surface area contributed by atoms with Crippen LogP contribution in [0.5, 0.6) is 0 Å². The van der Waals surface area contributed by atoms with Gasteiger partial charge in [0, 0.05) is 12.1 Å². The first-order valence-corrected chi connectivity index (χ1v) is 13.2. The molecule has 10 heteroatoms. The lowest BCUT2D eigenvalue weighted by Gasteiger charge is -2.52. The zero-order chi connectivity index (χ0) is 26.3. The number of nitrogens with zero attached hydrogens (tertiary/aromatic N) is 6. The van der Waals surface area contributed by atoms with Crippen molar-refractivity contribution >= 4 is 12.0 Å². The Hall–Kier alpha value is -2.98. The SMILES string of the molecule is COC(=O)Cn1cc(CN2C[C@]3(CC[C@@](c4ccccc4)(N(C)C)CC3)N(CC3(O)CCC3)C2=O)nn1. The molecule has 0 atom stereocenters. The van der Waals surface area contributed by atoms with E-state index in [-0.39, 0.29) is 23.7 Å². The number of β-amino-alcohol motifs (C(OH)–C–C–N with tert-alkyl or cyclic N) is 1. The van der Waals surface area contributed by atoms with E-state index < -0.39 is 11.6 Å². The molecule has 3 aliphatic rings. The highest BCUT2D eigenvalue weighted by atomic mass is 16.5. The molecule has 1 saturated heterocycles. The number of ether oxygens (including phenoxy) is 1. The molecule has 1 aromatic heterocycles. The summed E-state index contributed by atoms with van der Waals surface area (Å²) < 4.78 is 6.13. The van der Waals surface area contributed by atoms with Gasteiger partial charge in [-0.1, -0.05) is 35.5 Å². The largest absolute Gasteiger partial charge is 0.468 e. The first kappa shape index (κ1) is 25.7. The predicted molar refractivity (Wildman–Crippen MR) is 136 cm³/mol. The number of hydrogen-bond acceptors (Lipinski definition) is 7. The van der Waals surface area contributed by atoms with Crippen molar-refractivity contribution in [1.29, 1.82) is 0 Å². The van der Waals surface area contributed by atoms with Crippen LogP contribution in [-0.4, -0.2) is 92.2 Å². The second kappa shape index (κ2) is 9.72. The standard InChI is InChI=1S/C27H38N6O4/c1-30(2)27(21-8-5-4-6-9-21)14-12-25(13-15-27)19-31(24(35)33(25)20-26(36)10-7-11-26)16-22-17-32(29-28-22)18-23(34)37-3/h4-6,8-9,17,36H,7,10-16,18-20H2,1-3H3/t25-,27-. The molecule has 3 fully saturated rings. The Bertz CT molecular complexity index is 1120. The summed E-state index contributed by atoms with van der Waals surface area (Å²) in [5.74, 6) is -0.405. The number of carbonyl (C=O) groups excluding carboxylic acids is 2. The fourth-order valence-corrected chi connectivity index (χ4v) is 6.46. The lowest BCUT2D eigenvalue weighted by Crippen LogP contribution is -2.59. The minimum Gasteiger partial charge on any atom is -0.468 e. The molecule has 200 valence electrons. The zero-order valence-electron chi connectivity index (χ0n) is 22.1. The summed E-state index contributed by atoms with van der Waals surface area (Å²) in [6.45, 7) is 1.25. The van der Waals surface area contributed by atoms with Crippen molar-refractivity contribution in [2.24, 2.45) is 0 Å². The van der Waals surface area contributed by atoms with Gasteiger partial charge in [-0.25, -0.2) is 9.48 Å². The molecule has 2 saturated carbocycles. The number of hydrogen-bond donors (Lipinski definition) is 1. The molecule has 5 rings (SSSR count). The summed E-state index contributed by atoms with van der Waals surface area (Å²) in [7, 11) is 5.62. The van der Waals surface area contributed by atoms with E-state index in [1.165, 1.54) is 17.4 Å². The average molecular weight is 511 g/mol. The first-order valence-electron chi connectivity index (χ1n) is 13.2. The van der Waals surface area contributed by atoms with E-state index in [2.05, 4.69) is 53.6 Å². The first-order chi connectivity index (χ1) is 17.7. The quantitative estimate of drug-likeness (QED) is 0.544. The molecule has 1 aromatic carbocycles. The maximum Gasteiger partial charge on any atom is 0.327 e. The number of amides is 2. The summed E-state index contributed by atoms with van der Waals surface area (Å²) in [6, 6.07) is 10.6. The summed E-state index contributed by atoms with van der Waals surface area (Å²) in [5, 5.41) is 19.3. The van der Waals surface area contributed by atoms with Gasteiger partial charge in [0.2, 0.25) is 0 Å². The Morgan fingerprint density at radius 2 is 1.81 bits per heavy atom. The lowest BCUT2D eigenvalue weighted by molar-refractivity contribution is -0.141. The third kappa shape index (κ3) is 4.72. The number of carbonyl (C=O) groups is 2. The zero-order valence-corrected chi connectivity index (χ0v) is 22.1. The van der Waals surface area contributed by atoms with E-state index >= 15 is 0 Å². The molecule has 2 aromatic rings. The third-order valence-electron chi connectivity index (χ3n) is 8.93. The van der Waals surface area contributed by atoms with Gasteiger partial charge < -0.3 is 19.6 Å². The van der Waals surface area contributed by atoms with Crippen LogP contribution < -0.4 is 0 Å². The van der Waals surface area contributed by atoms with Crippen LogP contribution in [0.15, 0.2) is 36.5 Å². The van der Waals surface area contributed by atoms with Gasteiger partial charge in [0.15, 0.2) is 0 Å². The van der Waals surface area contributed by atoms with Crippen molar-refractivity contribution in [3.05, 3.63) is 47.8 Å². The van der Waals surface area contributed by atoms with Gasteiger partial charge in [0.25, 0.3) is 0 Å². The van der Waals surface area contributed by atoms with E-state index in [0.29, 0.717) is 25.3 Å². The normalized spacial score (nSPS) is 27.1. The minimum absolute atomic E-state index is 0.0212. The lowest BCUT2D eigenvalue weighted by atomic mass is 9.67. The van der Waals surface area contributed by atoms with Gasteiger partial charge in [-0.3, -0.25) is 9.69 Å². The Labute approximate surface area is 218 Å². The Morgan fingerprint density at radius 3 is 2.41 bits per heavy atom. The molecule has 1 spiro atoms. The Balaban J connectivity index is 1.38. The highest BCUT2D eigenvalue weighted by Crippen LogP contribution is 2.50. The molecule has 2 heterocycles. The number of benzene rings is 1. The van der Waals surface area contributed by atoms with Gasteiger partial charge in [0.05, 0.1) is 37.5 Å². The van der Waals surface area contributed by atoms with Gasteiger partial charge in [-0.15, -0.1) is 5.10 Å². The van der Waals surface area contributed by atoms with Gasteiger partial charge >= 0.3 is 12.0 Å². The van der Waals surface area contributed by atoms with Crippen LogP contribution in [0.1, 0.15) is 56.2 Å². The van der Waals surface area contributed by atoms with Crippen LogP contribution in [0.4, 0.5) is 4.79 Å². The van der Waals surface area contributed by atoms with E-state index in [1.807, 2.05) is 15.9 Å². The Morgan fingerprint density at radius 1 is 1.11 bits per heavy atom. The maximum absolute atomic E-state index is 13.8. The number of aliphatic hydroxyl groups is 1. The van der Waals surface area contributed by atoms with E-state index in [4.69, 9.17) is 4.74 Å². The van der Waals surface area contributed by atoms with Crippen molar-refractivity contribution in [1.82, 2.24) is 29.7 Å². The van der Waals surface area contributed by atoms with Crippen molar-refractivity contribution in [2.45, 2.75) is 74.7 Å². The van der Waals surface area contributed by atoms with Crippen molar-refractivity contribution in [3.63, 3.8) is 0 Å². The van der Waals surface area contributed by atoms with Crippen molar-refractivity contribution in [3.8, 4) is 0 Å². The molecule has 0 bridgehead atoms. The molecule has 10 nitrogen and oxygen atoms in total. The smallest absolute Gasteiger partial charge is 0.327 e. The van der Waals surface area contributed by atoms with Gasteiger partial charge in [-0.2, -0.15) is 0 Å². The van der Waals surface area contributed by atoms with E-state index in [0.717, 1.165) is 44.9 Å². The van der Waals surface area contributed by atoms with E-state index in [9.17, 15) is 14.7 Å². The molecule has 2 aliphatic carbocycles. The average Bonchev–Trinajstić information content (AvgIpc) is 3.41. The Kier molecular flexibility index (Phi) is 6.74. The fourth-order valence-electron chi connectivity index (χ4n) is 6.46. The van der Waals surface area contributed by atoms with Crippen LogP contribution >= 0.6 is 0 Å². The maximum atomic E-state index is 13.8. The van der Waals surface area contributed by atoms with Crippen LogP contribution in [0.2, 0.25) is 0 Å². The molecule has 37 heavy (non-hydrogen) atoms. The van der Waals surface area contributed by atoms with Gasteiger partial charge in [0.1, 0.15) is 12.2 Å². The molecule has 0 unspecified atom stereocenters. The molecule has 1 N–H and O–H groups in total. The minimum atomic E-state index is -0.794. The number of esters is 1. The molecule has 2 amide bonds. The summed E-state index contributed by atoms with van der Waals surface area (Å²) in [5.41, 5.74) is 0.719. The van der Waals surface area contributed by atoms with Crippen LogP contribution in [0.25, 0.3) is 0 Å². The van der Waals surface area contributed by atoms with Crippen molar-refractivity contribution in [2.75, 3.05) is 34.3 Å². The highest BCUT2D eigenvalue weighted by Gasteiger charge is 2.56. The summed E-state index contributed by atoms with van der Waals surface area (Å²) in [6.07, 6.45) is 7.72. The number of urea groups is 1. The molecular formula is C27H38N6O4. The van der Waals surface area contributed by atoms with Gasteiger partial charge in [-0.05, 0) is 64.6 Å². The van der Waals surface area contributed by atoms with Crippen LogP contribution in [-0.2, 0) is 28.2 Å². The van der Waals surface area contributed by atoms with Crippen molar-refractivity contribution < 1.29 is 19.4 Å². The summed E-state index contributed by atoms with van der Waals surface area (Å²) in [4.78, 5) is 31.5. The monoisotopic (exact) mass is 510 g/mol. The van der Waals surface area contributed by atoms with E-state index in [1.54, 1.807) is 6.20 Å². The third-order valence-corrected chi connectivity index (χ3v) is 8.93. The topological polar surface area (TPSA) is 104 Å². The molecule has 0 radical (unpaired) electrons. The molecule has 1 aliphatic heterocycles. The number of aromatic nitrogens is 3. The highest BCUT2D eigenvalue weighted by molar-refractivity contribution is 5.78. The van der Waals surface area contributed by atoms with Crippen LogP contribution in [0, 0.1) is 0 Å². The molecular weight excluding hydrogens is 472 g/mol. The summed E-state index contributed by atoms with van der Waals surface area (Å²) >= 11 is 0. The fraction of sp³-hybridized carbons (Fsp3) is 0.630. The van der Waals surface area contributed by atoms with Crippen LogP contribution in [0.3, 0.4) is 0 Å².